The molecule has 3 nitrogen and oxygen atoms in total. The fourth-order valence-corrected chi connectivity index (χ4v) is 2.21. The van der Waals surface area contributed by atoms with Crippen molar-refractivity contribution in [2.45, 2.75) is 58.2 Å². The third-order valence-electron chi connectivity index (χ3n) is 2.84. The number of rotatable bonds is 9. The highest BCUT2D eigenvalue weighted by atomic mass is 16.5. The Labute approximate surface area is 101 Å². The Balaban J connectivity index is 3.58. The molecule has 0 saturated heterocycles. The van der Waals surface area contributed by atoms with Crippen molar-refractivity contribution in [2.24, 2.45) is 0 Å². The normalized spacial score (nSPS) is 13.1. The summed E-state index contributed by atoms with van der Waals surface area (Å²) in [6.07, 6.45) is 7.70. The molecule has 0 aromatic heterocycles. The number of likely N-dealkylation sites (N-methyl/N-ethyl adjacent to an activating group) is 1. The van der Waals surface area contributed by atoms with Crippen LogP contribution in [0.1, 0.15) is 52.4 Å². The van der Waals surface area contributed by atoms with E-state index in [1.807, 2.05) is 0 Å². The molecular formula is C13H30NO2+. The standard InChI is InChI=1S/C13H30NO2/c1-5-6-7-8-9-10-11-14(3,4)12-13(2,15)16/h15-16H,5-12H2,1-4H3/q+1. The van der Waals surface area contributed by atoms with E-state index in [2.05, 4.69) is 21.0 Å². The second kappa shape index (κ2) is 7.25. The lowest BCUT2D eigenvalue weighted by Gasteiger charge is -2.34. The van der Waals surface area contributed by atoms with Gasteiger partial charge >= 0.3 is 0 Å². The third-order valence-corrected chi connectivity index (χ3v) is 2.84. The van der Waals surface area contributed by atoms with Crippen molar-refractivity contribution in [2.75, 3.05) is 27.2 Å². The first kappa shape index (κ1) is 15.9. The summed E-state index contributed by atoms with van der Waals surface area (Å²) in [6, 6.07) is 0. The van der Waals surface area contributed by atoms with Crippen molar-refractivity contribution in [3.63, 3.8) is 0 Å². The minimum Gasteiger partial charge on any atom is -0.361 e. The van der Waals surface area contributed by atoms with Crippen LogP contribution in [0.15, 0.2) is 0 Å². The first-order chi connectivity index (χ1) is 7.27. The van der Waals surface area contributed by atoms with Gasteiger partial charge in [0.1, 0.15) is 6.54 Å². The highest BCUT2D eigenvalue weighted by molar-refractivity contribution is 4.54. The van der Waals surface area contributed by atoms with Gasteiger partial charge in [0, 0.05) is 0 Å². The zero-order valence-electron chi connectivity index (χ0n) is 11.5. The molecule has 0 amide bonds. The van der Waals surface area contributed by atoms with E-state index in [0.717, 1.165) is 6.54 Å². The maximum absolute atomic E-state index is 9.37. The molecule has 0 radical (unpaired) electrons. The van der Waals surface area contributed by atoms with Crippen LogP contribution < -0.4 is 0 Å². The van der Waals surface area contributed by atoms with Gasteiger partial charge in [-0.25, -0.2) is 0 Å². The lowest BCUT2D eigenvalue weighted by Crippen LogP contribution is -2.50. The second-order valence-corrected chi connectivity index (χ2v) is 5.80. The van der Waals surface area contributed by atoms with Gasteiger partial charge in [-0.1, -0.05) is 32.6 Å². The van der Waals surface area contributed by atoms with E-state index < -0.39 is 5.79 Å². The van der Waals surface area contributed by atoms with Crippen molar-refractivity contribution >= 4 is 0 Å². The van der Waals surface area contributed by atoms with Gasteiger partial charge in [-0.2, -0.15) is 0 Å². The molecule has 0 atom stereocenters. The summed E-state index contributed by atoms with van der Waals surface area (Å²) >= 11 is 0. The average molecular weight is 232 g/mol. The summed E-state index contributed by atoms with van der Waals surface area (Å²) in [5, 5.41) is 18.7. The number of hydrogen-bond acceptors (Lipinski definition) is 2. The smallest absolute Gasteiger partial charge is 0.210 e. The average Bonchev–Trinajstić information content (AvgIpc) is 2.06. The number of quaternary nitrogens is 1. The lowest BCUT2D eigenvalue weighted by atomic mass is 10.1. The Morgan fingerprint density at radius 3 is 1.94 bits per heavy atom. The molecule has 0 aliphatic carbocycles. The van der Waals surface area contributed by atoms with Gasteiger partial charge in [0.25, 0.3) is 0 Å². The van der Waals surface area contributed by atoms with Gasteiger partial charge in [-0.05, 0) is 19.8 Å². The number of aliphatic hydroxyl groups is 2. The third kappa shape index (κ3) is 10.4. The SMILES string of the molecule is CCCCCCCC[N+](C)(C)CC(C)(O)O. The van der Waals surface area contributed by atoms with Gasteiger partial charge in [-0.15, -0.1) is 0 Å². The van der Waals surface area contributed by atoms with Crippen molar-refractivity contribution in [1.82, 2.24) is 0 Å². The summed E-state index contributed by atoms with van der Waals surface area (Å²) in [7, 11) is 4.10. The fraction of sp³-hybridized carbons (Fsp3) is 1.00. The molecule has 0 rings (SSSR count). The highest BCUT2D eigenvalue weighted by Gasteiger charge is 2.27. The molecule has 0 aliphatic heterocycles. The van der Waals surface area contributed by atoms with Gasteiger partial charge in [0.15, 0.2) is 0 Å². The van der Waals surface area contributed by atoms with Crippen LogP contribution in [0.2, 0.25) is 0 Å². The van der Waals surface area contributed by atoms with E-state index in [1.165, 1.54) is 45.4 Å². The molecule has 0 aromatic carbocycles. The van der Waals surface area contributed by atoms with E-state index in [9.17, 15) is 10.2 Å². The Morgan fingerprint density at radius 1 is 0.938 bits per heavy atom. The highest BCUT2D eigenvalue weighted by Crippen LogP contribution is 2.11. The molecule has 0 aromatic rings. The Bertz CT molecular complexity index is 173. The maximum atomic E-state index is 9.37. The Hall–Kier alpha value is -0.120. The zero-order chi connectivity index (χ0) is 12.7. The topological polar surface area (TPSA) is 40.5 Å². The Kier molecular flexibility index (Phi) is 7.20. The summed E-state index contributed by atoms with van der Waals surface area (Å²) in [4.78, 5) is 0. The van der Waals surface area contributed by atoms with E-state index in [4.69, 9.17) is 0 Å². The van der Waals surface area contributed by atoms with Crippen LogP contribution in [0, 0.1) is 0 Å². The van der Waals surface area contributed by atoms with Crippen LogP contribution in [0.5, 0.6) is 0 Å². The van der Waals surface area contributed by atoms with Crippen molar-refractivity contribution < 1.29 is 14.7 Å². The van der Waals surface area contributed by atoms with Crippen LogP contribution in [0.3, 0.4) is 0 Å². The molecule has 2 N–H and O–H groups in total. The first-order valence-corrected chi connectivity index (χ1v) is 6.53. The van der Waals surface area contributed by atoms with Crippen LogP contribution in [-0.2, 0) is 0 Å². The largest absolute Gasteiger partial charge is 0.361 e. The molecule has 0 saturated carbocycles. The zero-order valence-corrected chi connectivity index (χ0v) is 11.5. The van der Waals surface area contributed by atoms with Gasteiger partial charge < -0.3 is 14.7 Å². The van der Waals surface area contributed by atoms with E-state index >= 15 is 0 Å². The van der Waals surface area contributed by atoms with Crippen LogP contribution in [0.25, 0.3) is 0 Å². The lowest BCUT2D eigenvalue weighted by molar-refractivity contribution is -0.900. The van der Waals surface area contributed by atoms with Crippen molar-refractivity contribution in [3.05, 3.63) is 0 Å². The summed E-state index contributed by atoms with van der Waals surface area (Å²) in [6.45, 7) is 5.09. The second-order valence-electron chi connectivity index (χ2n) is 5.80. The van der Waals surface area contributed by atoms with Crippen LogP contribution in [-0.4, -0.2) is 47.7 Å². The molecule has 0 fully saturated rings. The molecule has 98 valence electrons. The predicted molar refractivity (Wildman–Crippen MR) is 68.1 cm³/mol. The number of nitrogens with zero attached hydrogens (tertiary/aromatic N) is 1. The van der Waals surface area contributed by atoms with Gasteiger partial charge in [-0.3, -0.25) is 0 Å². The van der Waals surface area contributed by atoms with E-state index in [0.29, 0.717) is 11.0 Å². The summed E-state index contributed by atoms with van der Waals surface area (Å²) < 4.78 is 0.678. The number of unbranched alkanes of at least 4 members (excludes halogenated alkanes) is 5. The van der Waals surface area contributed by atoms with E-state index in [1.54, 1.807) is 0 Å². The minimum atomic E-state index is -1.55. The maximum Gasteiger partial charge on any atom is 0.210 e. The molecular weight excluding hydrogens is 202 g/mol. The molecule has 0 bridgehead atoms. The Morgan fingerprint density at radius 2 is 1.44 bits per heavy atom. The summed E-state index contributed by atoms with van der Waals surface area (Å²) in [5.74, 6) is -1.55. The van der Waals surface area contributed by atoms with Crippen LogP contribution >= 0.6 is 0 Å². The predicted octanol–water partition coefficient (Wildman–Crippen LogP) is 2.12. The molecule has 16 heavy (non-hydrogen) atoms. The van der Waals surface area contributed by atoms with Crippen molar-refractivity contribution in [3.8, 4) is 0 Å². The number of hydrogen-bond donors (Lipinski definition) is 2. The van der Waals surface area contributed by atoms with Crippen LogP contribution in [0.4, 0.5) is 0 Å². The molecule has 0 unspecified atom stereocenters. The molecule has 3 heteroatoms. The quantitative estimate of drug-likeness (QED) is 0.363. The summed E-state index contributed by atoms with van der Waals surface area (Å²) in [5.41, 5.74) is 0. The van der Waals surface area contributed by atoms with Gasteiger partial charge in [0.2, 0.25) is 5.79 Å². The molecule has 0 aliphatic rings. The molecule has 0 spiro atoms. The van der Waals surface area contributed by atoms with Gasteiger partial charge in [0.05, 0.1) is 20.6 Å². The monoisotopic (exact) mass is 232 g/mol. The fourth-order valence-electron chi connectivity index (χ4n) is 2.21. The van der Waals surface area contributed by atoms with E-state index in [-0.39, 0.29) is 0 Å². The first-order valence-electron chi connectivity index (χ1n) is 6.53. The van der Waals surface area contributed by atoms with Crippen molar-refractivity contribution in [1.29, 1.82) is 0 Å². The molecule has 0 heterocycles. The minimum absolute atomic E-state index is 0.391.